The molecule has 1 unspecified atom stereocenters. The van der Waals surface area contributed by atoms with Crippen LogP contribution < -0.4 is 14.8 Å². The van der Waals surface area contributed by atoms with Crippen LogP contribution in [0, 0.1) is 0 Å². The van der Waals surface area contributed by atoms with E-state index in [4.69, 9.17) is 14.2 Å². The first kappa shape index (κ1) is 15.6. The van der Waals surface area contributed by atoms with Crippen LogP contribution in [0.5, 0.6) is 11.5 Å². The van der Waals surface area contributed by atoms with Gasteiger partial charge in [0.25, 0.3) is 0 Å². The summed E-state index contributed by atoms with van der Waals surface area (Å²) in [5, 5.41) is 3.37. The van der Waals surface area contributed by atoms with Gasteiger partial charge in [0, 0.05) is 6.42 Å². The van der Waals surface area contributed by atoms with Crippen LogP contribution in [0.4, 0.5) is 0 Å². The smallest absolute Gasteiger partial charge is 0.307 e. The van der Waals surface area contributed by atoms with E-state index >= 15 is 0 Å². The normalized spacial score (nSPS) is 16.7. The fraction of sp³-hybridized carbons (Fsp3) is 0.562. The average molecular weight is 293 g/mol. The first-order chi connectivity index (χ1) is 10.1. The standard InChI is InChI=1S/C16H23NO4/c1-4-17-16(2,11-15(18)19-3)12-6-7-13-14(10-12)21-9-5-8-20-13/h6-7,10,17H,4-5,8-9,11H2,1-3H3. The Bertz CT molecular complexity index is 503. The lowest BCUT2D eigenvalue weighted by atomic mass is 9.88. The molecular formula is C16H23NO4. The van der Waals surface area contributed by atoms with E-state index in [-0.39, 0.29) is 12.4 Å². The molecule has 0 aromatic heterocycles. The van der Waals surface area contributed by atoms with Crippen LogP contribution in [0.1, 0.15) is 32.3 Å². The number of rotatable bonds is 5. The average Bonchev–Trinajstić information content (AvgIpc) is 2.71. The van der Waals surface area contributed by atoms with Crippen molar-refractivity contribution in [3.8, 4) is 11.5 Å². The van der Waals surface area contributed by atoms with Gasteiger partial charge in [0.05, 0.1) is 32.3 Å². The molecule has 0 bridgehead atoms. The Morgan fingerprint density at radius 2 is 2.05 bits per heavy atom. The number of hydrogen-bond acceptors (Lipinski definition) is 5. The number of methoxy groups -OCH3 is 1. The second kappa shape index (κ2) is 6.80. The minimum atomic E-state index is -0.494. The van der Waals surface area contributed by atoms with Crippen LogP contribution >= 0.6 is 0 Å². The van der Waals surface area contributed by atoms with Crippen molar-refractivity contribution in [2.24, 2.45) is 0 Å². The fourth-order valence-corrected chi connectivity index (χ4v) is 2.52. The summed E-state index contributed by atoms with van der Waals surface area (Å²) < 4.78 is 16.2. The van der Waals surface area contributed by atoms with Gasteiger partial charge in [-0.2, -0.15) is 0 Å². The number of carbonyl (C=O) groups excluding carboxylic acids is 1. The topological polar surface area (TPSA) is 56.8 Å². The molecule has 1 heterocycles. The summed E-state index contributed by atoms with van der Waals surface area (Å²) in [6.07, 6.45) is 1.13. The van der Waals surface area contributed by atoms with Crippen LogP contribution in [-0.2, 0) is 15.1 Å². The molecule has 0 saturated carbocycles. The molecule has 0 saturated heterocycles. The van der Waals surface area contributed by atoms with Gasteiger partial charge in [0.15, 0.2) is 11.5 Å². The number of carbonyl (C=O) groups is 1. The quantitative estimate of drug-likeness (QED) is 0.844. The molecule has 1 N–H and O–H groups in total. The molecule has 1 aliphatic heterocycles. The van der Waals surface area contributed by atoms with Gasteiger partial charge >= 0.3 is 5.97 Å². The van der Waals surface area contributed by atoms with Crippen LogP contribution in [-0.4, -0.2) is 32.8 Å². The highest BCUT2D eigenvalue weighted by molar-refractivity contribution is 5.71. The molecule has 21 heavy (non-hydrogen) atoms. The third kappa shape index (κ3) is 3.67. The van der Waals surface area contributed by atoms with Crippen molar-refractivity contribution in [1.82, 2.24) is 5.32 Å². The van der Waals surface area contributed by atoms with Gasteiger partial charge in [-0.25, -0.2) is 0 Å². The summed E-state index contributed by atoms with van der Waals surface area (Å²) in [4.78, 5) is 11.7. The third-order valence-electron chi connectivity index (χ3n) is 3.68. The minimum absolute atomic E-state index is 0.245. The summed E-state index contributed by atoms with van der Waals surface area (Å²) in [6, 6.07) is 5.83. The maximum absolute atomic E-state index is 11.7. The van der Waals surface area contributed by atoms with Crippen LogP contribution in [0.3, 0.4) is 0 Å². The molecule has 0 radical (unpaired) electrons. The lowest BCUT2D eigenvalue weighted by Crippen LogP contribution is -2.41. The first-order valence-electron chi connectivity index (χ1n) is 7.31. The zero-order valence-corrected chi connectivity index (χ0v) is 12.9. The molecule has 5 heteroatoms. The molecule has 1 atom stereocenters. The van der Waals surface area contributed by atoms with E-state index in [0.29, 0.717) is 13.2 Å². The highest BCUT2D eigenvalue weighted by Gasteiger charge is 2.30. The molecule has 1 aromatic carbocycles. The van der Waals surface area contributed by atoms with Crippen molar-refractivity contribution in [2.45, 2.75) is 32.2 Å². The maximum Gasteiger partial charge on any atom is 0.307 e. The Morgan fingerprint density at radius 1 is 1.33 bits per heavy atom. The Balaban J connectivity index is 2.31. The van der Waals surface area contributed by atoms with Crippen LogP contribution in [0.15, 0.2) is 18.2 Å². The molecule has 1 aliphatic rings. The summed E-state index contributed by atoms with van der Waals surface area (Å²) >= 11 is 0. The van der Waals surface area contributed by atoms with Crippen molar-refractivity contribution >= 4 is 5.97 Å². The predicted octanol–water partition coefficient (Wildman–Crippen LogP) is 2.24. The van der Waals surface area contributed by atoms with Gasteiger partial charge in [-0.1, -0.05) is 13.0 Å². The van der Waals surface area contributed by atoms with E-state index in [0.717, 1.165) is 30.0 Å². The van der Waals surface area contributed by atoms with E-state index in [1.54, 1.807) is 0 Å². The van der Waals surface area contributed by atoms with Crippen molar-refractivity contribution in [3.63, 3.8) is 0 Å². The zero-order chi connectivity index (χ0) is 15.3. The number of benzene rings is 1. The van der Waals surface area contributed by atoms with E-state index < -0.39 is 5.54 Å². The molecule has 116 valence electrons. The van der Waals surface area contributed by atoms with Gasteiger partial charge in [0.1, 0.15) is 0 Å². The van der Waals surface area contributed by atoms with Crippen molar-refractivity contribution in [2.75, 3.05) is 26.9 Å². The van der Waals surface area contributed by atoms with E-state index in [2.05, 4.69) is 5.32 Å². The second-order valence-corrected chi connectivity index (χ2v) is 5.33. The number of ether oxygens (including phenoxy) is 3. The summed E-state index contributed by atoms with van der Waals surface area (Å²) in [7, 11) is 1.41. The maximum atomic E-state index is 11.7. The summed E-state index contributed by atoms with van der Waals surface area (Å²) in [5.41, 5.74) is 0.492. The molecule has 0 amide bonds. The van der Waals surface area contributed by atoms with E-state index in [1.165, 1.54) is 7.11 Å². The van der Waals surface area contributed by atoms with Crippen LogP contribution in [0.2, 0.25) is 0 Å². The van der Waals surface area contributed by atoms with Crippen molar-refractivity contribution in [3.05, 3.63) is 23.8 Å². The lowest BCUT2D eigenvalue weighted by Gasteiger charge is -2.30. The highest BCUT2D eigenvalue weighted by Crippen LogP contribution is 2.35. The highest BCUT2D eigenvalue weighted by atomic mass is 16.5. The van der Waals surface area contributed by atoms with Gasteiger partial charge in [0.2, 0.25) is 0 Å². The number of esters is 1. The van der Waals surface area contributed by atoms with Gasteiger partial charge < -0.3 is 19.5 Å². The number of hydrogen-bond donors (Lipinski definition) is 1. The largest absolute Gasteiger partial charge is 0.490 e. The molecular weight excluding hydrogens is 270 g/mol. The zero-order valence-electron chi connectivity index (χ0n) is 12.9. The Kier molecular flexibility index (Phi) is 5.07. The summed E-state index contributed by atoms with van der Waals surface area (Å²) in [5.74, 6) is 1.25. The van der Waals surface area contributed by atoms with Crippen molar-refractivity contribution in [1.29, 1.82) is 0 Å². The Morgan fingerprint density at radius 3 is 2.71 bits per heavy atom. The Hall–Kier alpha value is -1.75. The fourth-order valence-electron chi connectivity index (χ4n) is 2.52. The van der Waals surface area contributed by atoms with E-state index in [9.17, 15) is 4.79 Å². The predicted molar refractivity (Wildman–Crippen MR) is 79.7 cm³/mol. The number of nitrogens with one attached hydrogen (secondary N) is 1. The van der Waals surface area contributed by atoms with Crippen LogP contribution in [0.25, 0.3) is 0 Å². The molecule has 1 aromatic rings. The first-order valence-corrected chi connectivity index (χ1v) is 7.31. The summed E-state index contributed by atoms with van der Waals surface area (Å²) in [6.45, 7) is 6.07. The SMILES string of the molecule is CCNC(C)(CC(=O)OC)c1ccc2c(c1)OCCCO2. The minimum Gasteiger partial charge on any atom is -0.490 e. The molecule has 0 spiro atoms. The van der Waals surface area contributed by atoms with Gasteiger partial charge in [-0.15, -0.1) is 0 Å². The van der Waals surface area contributed by atoms with Gasteiger partial charge in [-0.3, -0.25) is 4.79 Å². The Labute approximate surface area is 125 Å². The van der Waals surface area contributed by atoms with Gasteiger partial charge in [-0.05, 0) is 31.2 Å². The molecule has 5 nitrogen and oxygen atoms in total. The monoisotopic (exact) mass is 293 g/mol. The molecule has 0 fully saturated rings. The molecule has 0 aliphatic carbocycles. The van der Waals surface area contributed by atoms with Crippen molar-refractivity contribution < 1.29 is 19.0 Å². The third-order valence-corrected chi connectivity index (χ3v) is 3.68. The number of fused-ring (bicyclic) bond motifs is 1. The second-order valence-electron chi connectivity index (χ2n) is 5.33. The van der Waals surface area contributed by atoms with E-state index in [1.807, 2.05) is 32.0 Å². The molecule has 2 rings (SSSR count). The lowest BCUT2D eigenvalue weighted by molar-refractivity contribution is -0.142.